The summed E-state index contributed by atoms with van der Waals surface area (Å²) in [4.78, 5) is 17.2. The largest absolute Gasteiger partial charge is 0.328 e. The average Bonchev–Trinajstić information content (AvgIpc) is 2.92. The monoisotopic (exact) mass is 308 g/mol. The maximum atomic E-state index is 12.9. The summed E-state index contributed by atoms with van der Waals surface area (Å²) < 4.78 is 1.82. The summed E-state index contributed by atoms with van der Waals surface area (Å²) in [6.45, 7) is 6.33. The number of hydrogen-bond acceptors (Lipinski definition) is 4. The number of allylic oxidation sites excluding steroid dienone is 2. The number of benzene rings is 1. The molecule has 0 radical (unpaired) electrons. The van der Waals surface area contributed by atoms with Crippen LogP contribution in [0.25, 0.3) is 0 Å². The Morgan fingerprint density at radius 2 is 1.96 bits per heavy atom. The van der Waals surface area contributed by atoms with Gasteiger partial charge in [0.1, 0.15) is 12.4 Å². The summed E-state index contributed by atoms with van der Waals surface area (Å²) in [5.74, 6) is 0.912. The van der Waals surface area contributed by atoms with E-state index in [-0.39, 0.29) is 17.2 Å². The molecule has 0 bridgehead atoms. The molecule has 1 N–H and O–H groups in total. The topological polar surface area (TPSA) is 59.8 Å². The van der Waals surface area contributed by atoms with E-state index in [1.807, 2.05) is 4.68 Å². The standard InChI is InChI=1S/C18H20N4O/c1-11-4-6-12(7-5-11)16-15-13(8-18(2,3)9-14(15)23)21-17-19-10-20-22(16)17/h4-7,10,16H,8-9H2,1-3H3,(H,19,20,21)/t16-/m0/s1. The van der Waals surface area contributed by atoms with E-state index in [1.54, 1.807) is 0 Å². The van der Waals surface area contributed by atoms with Crippen molar-refractivity contribution in [3.05, 3.63) is 53.0 Å². The van der Waals surface area contributed by atoms with Gasteiger partial charge in [-0.05, 0) is 24.3 Å². The number of aromatic nitrogens is 3. The number of Topliss-reactive ketones (excluding diaryl/α,β-unsaturated/α-hetero) is 1. The number of anilines is 1. The summed E-state index contributed by atoms with van der Waals surface area (Å²) in [5, 5.41) is 7.68. The average molecular weight is 308 g/mol. The first kappa shape index (κ1) is 14.2. The fourth-order valence-electron chi connectivity index (χ4n) is 3.61. The van der Waals surface area contributed by atoms with Crippen molar-refractivity contribution < 1.29 is 4.79 Å². The molecule has 5 heteroatoms. The minimum absolute atomic E-state index is 0.0249. The van der Waals surface area contributed by atoms with Crippen LogP contribution in [-0.2, 0) is 4.79 Å². The Bertz CT molecular complexity index is 814. The van der Waals surface area contributed by atoms with Gasteiger partial charge >= 0.3 is 0 Å². The number of carbonyl (C=O) groups excluding carboxylic acids is 1. The summed E-state index contributed by atoms with van der Waals surface area (Å²) in [5.41, 5.74) is 4.09. The van der Waals surface area contributed by atoms with E-state index < -0.39 is 0 Å². The second-order valence-corrected chi connectivity index (χ2v) is 7.30. The van der Waals surface area contributed by atoms with E-state index in [0.29, 0.717) is 12.4 Å². The number of rotatable bonds is 1. The zero-order chi connectivity index (χ0) is 16.2. The molecule has 1 aliphatic carbocycles. The molecule has 2 aromatic rings. The third-order valence-electron chi connectivity index (χ3n) is 4.67. The molecule has 4 rings (SSSR count). The highest BCUT2D eigenvalue weighted by molar-refractivity contribution is 6.00. The summed E-state index contributed by atoms with van der Waals surface area (Å²) in [6, 6.07) is 8.12. The molecule has 2 aliphatic rings. The Hall–Kier alpha value is -2.43. The number of nitrogens with one attached hydrogen (secondary N) is 1. The Morgan fingerprint density at radius 1 is 1.22 bits per heavy atom. The van der Waals surface area contributed by atoms with Gasteiger partial charge in [-0.1, -0.05) is 43.7 Å². The fourth-order valence-corrected chi connectivity index (χ4v) is 3.61. The van der Waals surface area contributed by atoms with Gasteiger partial charge < -0.3 is 5.32 Å². The third-order valence-corrected chi connectivity index (χ3v) is 4.67. The van der Waals surface area contributed by atoms with Crippen LogP contribution < -0.4 is 5.32 Å². The van der Waals surface area contributed by atoms with E-state index in [0.717, 1.165) is 23.3 Å². The molecule has 0 saturated carbocycles. The Labute approximate surface area is 135 Å². The lowest BCUT2D eigenvalue weighted by Crippen LogP contribution is -2.36. The molecule has 0 amide bonds. The van der Waals surface area contributed by atoms with Crippen LogP contribution in [0.15, 0.2) is 41.9 Å². The Kier molecular flexibility index (Phi) is 2.95. The molecular formula is C18H20N4O. The van der Waals surface area contributed by atoms with Crippen LogP contribution in [0.4, 0.5) is 5.95 Å². The Balaban J connectivity index is 1.89. The smallest absolute Gasteiger partial charge is 0.226 e. The van der Waals surface area contributed by atoms with Crippen molar-refractivity contribution in [3.63, 3.8) is 0 Å². The van der Waals surface area contributed by atoms with Crippen LogP contribution in [0.3, 0.4) is 0 Å². The lowest BCUT2D eigenvalue weighted by molar-refractivity contribution is -0.118. The maximum absolute atomic E-state index is 12.9. The van der Waals surface area contributed by atoms with Gasteiger partial charge in [0, 0.05) is 17.7 Å². The molecular weight excluding hydrogens is 288 g/mol. The second-order valence-electron chi connectivity index (χ2n) is 7.30. The minimum atomic E-state index is -0.187. The van der Waals surface area contributed by atoms with Crippen LogP contribution in [0.5, 0.6) is 0 Å². The highest BCUT2D eigenvalue weighted by Crippen LogP contribution is 2.44. The van der Waals surface area contributed by atoms with Gasteiger partial charge in [0.25, 0.3) is 0 Å². The van der Waals surface area contributed by atoms with Crippen LogP contribution in [-0.4, -0.2) is 20.5 Å². The van der Waals surface area contributed by atoms with Gasteiger partial charge in [-0.15, -0.1) is 0 Å². The maximum Gasteiger partial charge on any atom is 0.226 e. The molecule has 0 unspecified atom stereocenters. The summed E-state index contributed by atoms with van der Waals surface area (Å²) in [6.07, 6.45) is 2.96. The van der Waals surface area contributed by atoms with Crippen molar-refractivity contribution in [1.82, 2.24) is 14.8 Å². The van der Waals surface area contributed by atoms with Crippen molar-refractivity contribution in [2.75, 3.05) is 5.32 Å². The Morgan fingerprint density at radius 3 is 2.70 bits per heavy atom. The highest BCUT2D eigenvalue weighted by atomic mass is 16.1. The van der Waals surface area contributed by atoms with Crippen LogP contribution in [0, 0.1) is 12.3 Å². The molecule has 118 valence electrons. The van der Waals surface area contributed by atoms with Crippen molar-refractivity contribution in [2.45, 2.75) is 39.7 Å². The van der Waals surface area contributed by atoms with Gasteiger partial charge in [-0.3, -0.25) is 4.79 Å². The molecule has 0 spiro atoms. The number of aryl methyl sites for hydroxylation is 1. The van der Waals surface area contributed by atoms with E-state index in [9.17, 15) is 4.79 Å². The first-order valence-corrected chi connectivity index (χ1v) is 7.94. The minimum Gasteiger partial charge on any atom is -0.328 e. The molecule has 23 heavy (non-hydrogen) atoms. The van der Waals surface area contributed by atoms with Crippen molar-refractivity contribution >= 4 is 11.7 Å². The molecule has 2 heterocycles. The van der Waals surface area contributed by atoms with Gasteiger partial charge in [-0.25, -0.2) is 4.68 Å². The predicted octanol–water partition coefficient (Wildman–Crippen LogP) is 3.24. The SMILES string of the molecule is Cc1ccc([C@H]2C3=C(CC(C)(C)CC3=O)Nc3ncnn32)cc1. The lowest BCUT2D eigenvalue weighted by atomic mass is 9.73. The number of fused-ring (bicyclic) bond motifs is 1. The number of hydrogen-bond donors (Lipinski definition) is 1. The fraction of sp³-hybridized carbons (Fsp3) is 0.389. The van der Waals surface area contributed by atoms with Crippen LogP contribution in [0.1, 0.15) is 43.9 Å². The van der Waals surface area contributed by atoms with Gasteiger partial charge in [-0.2, -0.15) is 10.1 Å². The van der Waals surface area contributed by atoms with E-state index in [2.05, 4.69) is 60.4 Å². The summed E-state index contributed by atoms with van der Waals surface area (Å²) >= 11 is 0. The van der Waals surface area contributed by atoms with E-state index in [1.165, 1.54) is 11.9 Å². The second kappa shape index (κ2) is 4.78. The quantitative estimate of drug-likeness (QED) is 0.878. The molecule has 1 atom stereocenters. The first-order valence-electron chi connectivity index (χ1n) is 7.94. The molecule has 0 fully saturated rings. The first-order chi connectivity index (χ1) is 10.9. The zero-order valence-corrected chi connectivity index (χ0v) is 13.6. The van der Waals surface area contributed by atoms with Crippen molar-refractivity contribution in [2.24, 2.45) is 5.41 Å². The van der Waals surface area contributed by atoms with Crippen LogP contribution >= 0.6 is 0 Å². The van der Waals surface area contributed by atoms with E-state index >= 15 is 0 Å². The number of ketones is 1. The summed E-state index contributed by atoms with van der Waals surface area (Å²) in [7, 11) is 0. The normalized spacial score (nSPS) is 22.4. The molecule has 1 aromatic heterocycles. The lowest BCUT2D eigenvalue weighted by Gasteiger charge is -2.38. The molecule has 5 nitrogen and oxygen atoms in total. The predicted molar refractivity (Wildman–Crippen MR) is 88.0 cm³/mol. The van der Waals surface area contributed by atoms with Gasteiger partial charge in [0.15, 0.2) is 5.78 Å². The number of nitrogens with zero attached hydrogens (tertiary/aromatic N) is 3. The number of carbonyl (C=O) groups is 1. The molecule has 1 aromatic carbocycles. The van der Waals surface area contributed by atoms with Crippen molar-refractivity contribution in [1.29, 1.82) is 0 Å². The van der Waals surface area contributed by atoms with Crippen molar-refractivity contribution in [3.8, 4) is 0 Å². The van der Waals surface area contributed by atoms with Gasteiger partial charge in [0.2, 0.25) is 5.95 Å². The third kappa shape index (κ3) is 2.27. The van der Waals surface area contributed by atoms with E-state index in [4.69, 9.17) is 0 Å². The zero-order valence-electron chi connectivity index (χ0n) is 13.6. The van der Waals surface area contributed by atoms with Gasteiger partial charge in [0.05, 0.1) is 0 Å². The highest BCUT2D eigenvalue weighted by Gasteiger charge is 2.41. The van der Waals surface area contributed by atoms with Crippen LogP contribution in [0.2, 0.25) is 0 Å². The molecule has 1 aliphatic heterocycles. The molecule has 0 saturated heterocycles.